The second-order valence-corrected chi connectivity index (χ2v) is 4.78. The Labute approximate surface area is 104 Å². The molecule has 0 saturated carbocycles. The number of nitrogens with zero attached hydrogens (tertiary/aromatic N) is 1. The third kappa shape index (κ3) is 4.64. The number of carbonyl (C=O) groups excluding carboxylic acids is 1. The van der Waals surface area contributed by atoms with Crippen LogP contribution in [0, 0.1) is 5.92 Å². The zero-order chi connectivity index (χ0) is 12.7. The van der Waals surface area contributed by atoms with Gasteiger partial charge in [-0.2, -0.15) is 0 Å². The molecule has 1 aliphatic rings. The Morgan fingerprint density at radius 1 is 1.47 bits per heavy atom. The predicted octanol–water partition coefficient (Wildman–Crippen LogP) is 1.42. The van der Waals surface area contributed by atoms with Gasteiger partial charge in [0.05, 0.1) is 6.10 Å². The number of piperidine rings is 1. The minimum Gasteiger partial charge on any atom is -0.396 e. The molecule has 100 valence electrons. The summed E-state index contributed by atoms with van der Waals surface area (Å²) in [6.45, 7) is 6.48. The minimum atomic E-state index is 0.141. The van der Waals surface area contributed by atoms with E-state index in [1.54, 1.807) is 0 Å². The fourth-order valence-corrected chi connectivity index (χ4v) is 2.04. The van der Waals surface area contributed by atoms with Crippen LogP contribution >= 0.6 is 0 Å². The first-order valence-corrected chi connectivity index (χ1v) is 6.70. The van der Waals surface area contributed by atoms with E-state index >= 15 is 0 Å². The second kappa shape index (κ2) is 7.67. The molecule has 0 aromatic carbocycles. The van der Waals surface area contributed by atoms with Gasteiger partial charge in [0, 0.05) is 32.2 Å². The summed E-state index contributed by atoms with van der Waals surface area (Å²) >= 11 is 0. The number of likely N-dealkylation sites (tertiary alicyclic amines) is 1. The van der Waals surface area contributed by atoms with Crippen LogP contribution in [-0.4, -0.2) is 48.3 Å². The molecular weight excluding hydrogens is 218 g/mol. The fraction of sp³-hybridized carbons (Fsp3) is 0.923. The fourth-order valence-electron chi connectivity index (χ4n) is 2.04. The van der Waals surface area contributed by atoms with Crippen molar-refractivity contribution in [2.24, 2.45) is 5.92 Å². The van der Waals surface area contributed by atoms with Crippen molar-refractivity contribution in [3.8, 4) is 0 Å². The van der Waals surface area contributed by atoms with E-state index in [9.17, 15) is 4.79 Å². The molecule has 1 N–H and O–H groups in total. The highest BCUT2D eigenvalue weighted by molar-refractivity contribution is 5.78. The number of hydrogen-bond acceptors (Lipinski definition) is 3. The van der Waals surface area contributed by atoms with Crippen LogP contribution in [0.25, 0.3) is 0 Å². The molecule has 4 heteroatoms. The number of amides is 1. The first kappa shape index (κ1) is 14.5. The van der Waals surface area contributed by atoms with Gasteiger partial charge in [0.15, 0.2) is 0 Å². The monoisotopic (exact) mass is 243 g/mol. The Bertz CT molecular complexity index is 225. The van der Waals surface area contributed by atoms with Crippen molar-refractivity contribution < 1.29 is 14.6 Å². The molecular formula is C13H25NO3. The maximum Gasteiger partial charge on any atom is 0.225 e. The average Bonchev–Trinajstić information content (AvgIpc) is 2.38. The van der Waals surface area contributed by atoms with Gasteiger partial charge in [-0.1, -0.05) is 13.8 Å². The van der Waals surface area contributed by atoms with Crippen LogP contribution in [0.15, 0.2) is 0 Å². The molecule has 1 amide bonds. The molecule has 1 fully saturated rings. The lowest BCUT2D eigenvalue weighted by Gasteiger charge is -2.33. The third-order valence-corrected chi connectivity index (χ3v) is 3.44. The molecule has 17 heavy (non-hydrogen) atoms. The molecule has 1 rings (SSSR count). The molecule has 0 radical (unpaired) electrons. The van der Waals surface area contributed by atoms with E-state index in [0.717, 1.165) is 32.4 Å². The van der Waals surface area contributed by atoms with Gasteiger partial charge in [-0.25, -0.2) is 0 Å². The Balaban J connectivity index is 2.23. The minimum absolute atomic E-state index is 0.141. The predicted molar refractivity (Wildman–Crippen MR) is 66.7 cm³/mol. The SMILES string of the molecule is CCC(C)C(=O)N1CCC(OCCCO)CC1. The van der Waals surface area contributed by atoms with Crippen LogP contribution in [0.4, 0.5) is 0 Å². The van der Waals surface area contributed by atoms with Crippen molar-refractivity contribution in [1.29, 1.82) is 0 Å². The van der Waals surface area contributed by atoms with Crippen LogP contribution in [0.2, 0.25) is 0 Å². The van der Waals surface area contributed by atoms with Gasteiger partial charge in [0.1, 0.15) is 0 Å². The molecule has 1 heterocycles. The molecule has 1 atom stereocenters. The molecule has 1 saturated heterocycles. The van der Waals surface area contributed by atoms with E-state index in [0.29, 0.717) is 13.0 Å². The van der Waals surface area contributed by atoms with E-state index in [1.807, 2.05) is 18.7 Å². The van der Waals surface area contributed by atoms with Crippen molar-refractivity contribution in [2.45, 2.75) is 45.6 Å². The van der Waals surface area contributed by atoms with Crippen molar-refractivity contribution in [3.05, 3.63) is 0 Å². The Hall–Kier alpha value is -0.610. The van der Waals surface area contributed by atoms with E-state index in [2.05, 4.69) is 0 Å². The van der Waals surface area contributed by atoms with Crippen molar-refractivity contribution in [1.82, 2.24) is 4.90 Å². The van der Waals surface area contributed by atoms with Crippen LogP contribution < -0.4 is 0 Å². The largest absolute Gasteiger partial charge is 0.396 e. The standard InChI is InChI=1S/C13H25NO3/c1-3-11(2)13(16)14-7-5-12(6-8-14)17-10-4-9-15/h11-12,15H,3-10H2,1-2H3. The second-order valence-electron chi connectivity index (χ2n) is 4.78. The first-order valence-electron chi connectivity index (χ1n) is 6.70. The number of aliphatic hydroxyl groups excluding tert-OH is 1. The van der Waals surface area contributed by atoms with Crippen molar-refractivity contribution >= 4 is 5.91 Å². The highest BCUT2D eigenvalue weighted by Gasteiger charge is 2.25. The summed E-state index contributed by atoms with van der Waals surface area (Å²) in [4.78, 5) is 13.9. The molecule has 0 spiro atoms. The van der Waals surface area contributed by atoms with E-state index in [-0.39, 0.29) is 24.5 Å². The summed E-state index contributed by atoms with van der Waals surface area (Å²) in [6.07, 6.45) is 3.72. The number of ether oxygens (including phenoxy) is 1. The Morgan fingerprint density at radius 3 is 2.65 bits per heavy atom. The lowest BCUT2D eigenvalue weighted by atomic mass is 10.0. The zero-order valence-electron chi connectivity index (χ0n) is 11.0. The van der Waals surface area contributed by atoms with Gasteiger partial charge in [-0.05, 0) is 25.7 Å². The van der Waals surface area contributed by atoms with Gasteiger partial charge in [-0.3, -0.25) is 4.79 Å². The quantitative estimate of drug-likeness (QED) is 0.718. The molecule has 1 unspecified atom stereocenters. The summed E-state index contributed by atoms with van der Waals surface area (Å²) in [5.41, 5.74) is 0. The number of carbonyl (C=O) groups is 1. The molecule has 1 aliphatic heterocycles. The summed E-state index contributed by atoms with van der Waals surface area (Å²) in [7, 11) is 0. The number of rotatable bonds is 6. The maximum absolute atomic E-state index is 11.9. The van der Waals surface area contributed by atoms with Gasteiger partial charge in [-0.15, -0.1) is 0 Å². The van der Waals surface area contributed by atoms with E-state index in [4.69, 9.17) is 9.84 Å². The summed E-state index contributed by atoms with van der Waals surface area (Å²) in [5.74, 6) is 0.420. The summed E-state index contributed by atoms with van der Waals surface area (Å²) in [5, 5.41) is 8.67. The van der Waals surface area contributed by atoms with Crippen molar-refractivity contribution in [3.63, 3.8) is 0 Å². The smallest absolute Gasteiger partial charge is 0.225 e. The van der Waals surface area contributed by atoms with E-state index < -0.39 is 0 Å². The third-order valence-electron chi connectivity index (χ3n) is 3.44. The van der Waals surface area contributed by atoms with Gasteiger partial charge < -0.3 is 14.7 Å². The topological polar surface area (TPSA) is 49.8 Å². The highest BCUT2D eigenvalue weighted by Crippen LogP contribution is 2.17. The lowest BCUT2D eigenvalue weighted by molar-refractivity contribution is -0.137. The lowest BCUT2D eigenvalue weighted by Crippen LogP contribution is -2.43. The van der Waals surface area contributed by atoms with Crippen molar-refractivity contribution in [2.75, 3.05) is 26.3 Å². The van der Waals surface area contributed by atoms with Crippen LogP contribution in [-0.2, 0) is 9.53 Å². The van der Waals surface area contributed by atoms with Gasteiger partial charge >= 0.3 is 0 Å². The Morgan fingerprint density at radius 2 is 2.12 bits per heavy atom. The Kier molecular flexibility index (Phi) is 6.52. The van der Waals surface area contributed by atoms with E-state index in [1.165, 1.54) is 0 Å². The maximum atomic E-state index is 11.9. The van der Waals surface area contributed by atoms with Crippen LogP contribution in [0.3, 0.4) is 0 Å². The first-order chi connectivity index (χ1) is 8.19. The van der Waals surface area contributed by atoms with Gasteiger partial charge in [0.25, 0.3) is 0 Å². The molecule has 0 aliphatic carbocycles. The van der Waals surface area contributed by atoms with Crippen LogP contribution in [0.1, 0.15) is 39.5 Å². The zero-order valence-corrected chi connectivity index (χ0v) is 11.0. The van der Waals surface area contributed by atoms with Gasteiger partial charge in [0.2, 0.25) is 5.91 Å². The summed E-state index contributed by atoms with van der Waals surface area (Å²) in [6, 6.07) is 0. The normalized spacial score (nSPS) is 19.4. The summed E-state index contributed by atoms with van der Waals surface area (Å²) < 4.78 is 5.64. The number of aliphatic hydroxyl groups is 1. The molecule has 0 aromatic rings. The molecule has 0 bridgehead atoms. The molecule has 0 aromatic heterocycles. The average molecular weight is 243 g/mol. The molecule has 4 nitrogen and oxygen atoms in total. The van der Waals surface area contributed by atoms with Crippen LogP contribution in [0.5, 0.6) is 0 Å². The number of hydrogen-bond donors (Lipinski definition) is 1. The highest BCUT2D eigenvalue weighted by atomic mass is 16.5.